The van der Waals surface area contributed by atoms with Crippen molar-refractivity contribution in [3.8, 4) is 5.75 Å². The molecule has 2 aliphatic carbocycles. The maximum Gasteiger partial charge on any atom is 0.226 e. The van der Waals surface area contributed by atoms with Gasteiger partial charge in [-0.1, -0.05) is 12.1 Å². The molecule has 4 heteroatoms. The van der Waals surface area contributed by atoms with E-state index >= 15 is 0 Å². The number of hydrogen-bond donors (Lipinski definition) is 0. The lowest BCUT2D eigenvalue weighted by Gasteiger charge is -2.37. The first-order valence-corrected chi connectivity index (χ1v) is 9.30. The predicted molar refractivity (Wildman–Crippen MR) is 88.9 cm³/mol. The molecule has 0 unspecified atom stereocenters. The maximum atomic E-state index is 12.9. The Morgan fingerprint density at radius 2 is 1.96 bits per heavy atom. The molecule has 1 amide bonds. The molecule has 1 saturated heterocycles. The highest BCUT2D eigenvalue weighted by molar-refractivity contribution is 6.00. The van der Waals surface area contributed by atoms with Gasteiger partial charge in [-0.2, -0.15) is 0 Å². The average molecular weight is 325 g/mol. The quantitative estimate of drug-likeness (QED) is 0.797. The van der Waals surface area contributed by atoms with Crippen LogP contribution in [0.2, 0.25) is 0 Å². The molecule has 3 fully saturated rings. The molecule has 5 rings (SSSR count). The van der Waals surface area contributed by atoms with E-state index in [0.717, 1.165) is 38.8 Å². The molecule has 0 bridgehead atoms. The molecule has 1 spiro atoms. The summed E-state index contributed by atoms with van der Waals surface area (Å²) in [5.74, 6) is 1.97. The van der Waals surface area contributed by atoms with Gasteiger partial charge in [-0.15, -0.1) is 0 Å². The monoisotopic (exact) mass is 325 g/mol. The summed E-state index contributed by atoms with van der Waals surface area (Å²) >= 11 is 0. The highest BCUT2D eigenvalue weighted by Gasteiger charge is 2.71. The summed E-state index contributed by atoms with van der Waals surface area (Å²) in [6.45, 7) is 1.81. The van der Waals surface area contributed by atoms with Crippen molar-refractivity contribution in [3.63, 3.8) is 0 Å². The number of carbonyl (C=O) groups excluding carboxylic acids is 2. The van der Waals surface area contributed by atoms with Crippen molar-refractivity contribution in [1.29, 1.82) is 0 Å². The number of rotatable bonds is 1. The molecular formula is C20H23NO3. The summed E-state index contributed by atoms with van der Waals surface area (Å²) in [6, 6.07) is 7.54. The highest BCUT2D eigenvalue weighted by Crippen LogP contribution is 2.66. The van der Waals surface area contributed by atoms with Crippen LogP contribution in [-0.2, 0) is 4.79 Å². The summed E-state index contributed by atoms with van der Waals surface area (Å²) in [5.41, 5.74) is 0.276. The lowest BCUT2D eigenvalue weighted by molar-refractivity contribution is -0.135. The number of amides is 1. The van der Waals surface area contributed by atoms with E-state index in [1.165, 1.54) is 6.42 Å². The zero-order valence-electron chi connectivity index (χ0n) is 13.9. The van der Waals surface area contributed by atoms with Gasteiger partial charge in [-0.25, -0.2) is 0 Å². The van der Waals surface area contributed by atoms with Crippen LogP contribution in [0, 0.1) is 17.8 Å². The van der Waals surface area contributed by atoms with Gasteiger partial charge in [0.1, 0.15) is 11.4 Å². The SMILES string of the molecule is O=C1C[C@]2(CC[C@@H]3[C@@H](C(=O)N4CCCCC4)[C@H]32)Oc2ccccc21. The first-order chi connectivity index (χ1) is 11.7. The van der Waals surface area contributed by atoms with Gasteiger partial charge in [-0.05, 0) is 50.2 Å². The van der Waals surface area contributed by atoms with Gasteiger partial charge < -0.3 is 9.64 Å². The molecule has 1 aromatic carbocycles. The van der Waals surface area contributed by atoms with E-state index < -0.39 is 5.60 Å². The molecule has 0 radical (unpaired) electrons. The minimum atomic E-state index is -0.424. The van der Waals surface area contributed by atoms with Crippen molar-refractivity contribution in [1.82, 2.24) is 4.90 Å². The number of benzene rings is 1. The van der Waals surface area contributed by atoms with Crippen molar-refractivity contribution in [3.05, 3.63) is 29.8 Å². The molecule has 0 aromatic heterocycles. The van der Waals surface area contributed by atoms with E-state index in [1.807, 2.05) is 24.3 Å². The summed E-state index contributed by atoms with van der Waals surface area (Å²) in [6.07, 6.45) is 5.85. The van der Waals surface area contributed by atoms with Gasteiger partial charge in [0, 0.05) is 24.9 Å². The first kappa shape index (κ1) is 14.5. The summed E-state index contributed by atoms with van der Waals surface area (Å²) in [4.78, 5) is 27.6. The van der Waals surface area contributed by atoms with Crippen LogP contribution >= 0.6 is 0 Å². The standard InChI is InChI=1S/C20H23NO3/c22-15-12-20(24-16-7-3-2-6-13(15)16)9-8-14-17(18(14)20)19(23)21-10-4-1-5-11-21/h2-3,6-7,14,17-18H,1,4-5,8-12H2/t14-,17-,18+,20+/m1/s1. The number of fused-ring (bicyclic) bond motifs is 3. The minimum absolute atomic E-state index is 0.0925. The average Bonchev–Trinajstić information content (AvgIpc) is 3.26. The summed E-state index contributed by atoms with van der Waals surface area (Å²) in [5, 5.41) is 0. The van der Waals surface area contributed by atoms with E-state index in [4.69, 9.17) is 4.74 Å². The van der Waals surface area contributed by atoms with E-state index in [1.54, 1.807) is 0 Å². The third kappa shape index (κ3) is 1.98. The fraction of sp³-hybridized carbons (Fsp3) is 0.600. The van der Waals surface area contributed by atoms with Gasteiger partial charge >= 0.3 is 0 Å². The number of para-hydroxylation sites is 1. The number of Topliss-reactive ketones (excluding diaryl/α,β-unsaturated/α-hetero) is 1. The van der Waals surface area contributed by atoms with Crippen LogP contribution in [0.3, 0.4) is 0 Å². The highest BCUT2D eigenvalue weighted by atomic mass is 16.5. The smallest absolute Gasteiger partial charge is 0.226 e. The minimum Gasteiger partial charge on any atom is -0.486 e. The van der Waals surface area contributed by atoms with Crippen LogP contribution in [-0.4, -0.2) is 35.3 Å². The number of nitrogens with zero attached hydrogens (tertiary/aromatic N) is 1. The summed E-state index contributed by atoms with van der Waals surface area (Å²) in [7, 11) is 0. The second-order valence-electron chi connectivity index (χ2n) is 7.90. The molecule has 4 aliphatic rings. The number of likely N-dealkylation sites (tertiary alicyclic amines) is 1. The topological polar surface area (TPSA) is 46.6 Å². The van der Waals surface area contributed by atoms with Crippen molar-refractivity contribution in [2.24, 2.45) is 17.8 Å². The Kier molecular flexibility index (Phi) is 3.07. The Morgan fingerprint density at radius 3 is 2.79 bits per heavy atom. The van der Waals surface area contributed by atoms with Gasteiger partial charge in [0.05, 0.1) is 12.0 Å². The van der Waals surface area contributed by atoms with Gasteiger partial charge in [-0.3, -0.25) is 9.59 Å². The molecule has 2 heterocycles. The zero-order valence-corrected chi connectivity index (χ0v) is 13.9. The molecule has 4 nitrogen and oxygen atoms in total. The Hall–Kier alpha value is -1.84. The van der Waals surface area contributed by atoms with E-state index in [2.05, 4.69) is 4.90 Å². The third-order valence-corrected chi connectivity index (χ3v) is 6.59. The lowest BCUT2D eigenvalue weighted by Crippen LogP contribution is -2.45. The Balaban J connectivity index is 1.39. The molecule has 1 aromatic rings. The number of ether oxygens (including phenoxy) is 1. The zero-order chi connectivity index (χ0) is 16.3. The van der Waals surface area contributed by atoms with Crippen LogP contribution < -0.4 is 4.74 Å². The number of piperidine rings is 1. The largest absolute Gasteiger partial charge is 0.486 e. The van der Waals surface area contributed by atoms with Crippen LogP contribution in [0.5, 0.6) is 5.75 Å². The predicted octanol–water partition coefficient (Wildman–Crippen LogP) is 3.06. The third-order valence-electron chi connectivity index (χ3n) is 6.59. The van der Waals surface area contributed by atoms with Crippen molar-refractivity contribution < 1.29 is 14.3 Å². The number of carbonyl (C=O) groups is 2. The molecule has 0 N–H and O–H groups in total. The number of ketones is 1. The van der Waals surface area contributed by atoms with E-state index in [9.17, 15) is 9.59 Å². The van der Waals surface area contributed by atoms with Gasteiger partial charge in [0.25, 0.3) is 0 Å². The van der Waals surface area contributed by atoms with Crippen LogP contribution in [0.1, 0.15) is 48.9 Å². The van der Waals surface area contributed by atoms with Crippen molar-refractivity contribution in [2.45, 2.75) is 44.1 Å². The van der Waals surface area contributed by atoms with Crippen molar-refractivity contribution in [2.75, 3.05) is 13.1 Å². The van der Waals surface area contributed by atoms with Crippen LogP contribution in [0.15, 0.2) is 24.3 Å². The molecular weight excluding hydrogens is 302 g/mol. The molecule has 2 saturated carbocycles. The van der Waals surface area contributed by atoms with Crippen LogP contribution in [0.25, 0.3) is 0 Å². The summed E-state index contributed by atoms with van der Waals surface area (Å²) < 4.78 is 6.38. The fourth-order valence-corrected chi connectivity index (χ4v) is 5.42. The van der Waals surface area contributed by atoms with E-state index in [-0.39, 0.29) is 17.6 Å². The second kappa shape index (κ2) is 5.08. The van der Waals surface area contributed by atoms with Gasteiger partial charge in [0.15, 0.2) is 5.78 Å². The molecule has 24 heavy (non-hydrogen) atoms. The lowest BCUT2D eigenvalue weighted by atomic mass is 9.84. The second-order valence-corrected chi connectivity index (χ2v) is 7.90. The van der Waals surface area contributed by atoms with E-state index in [0.29, 0.717) is 29.6 Å². The van der Waals surface area contributed by atoms with Crippen LogP contribution in [0.4, 0.5) is 0 Å². The Bertz CT molecular complexity index is 709. The molecule has 126 valence electrons. The van der Waals surface area contributed by atoms with Gasteiger partial charge in [0.2, 0.25) is 5.91 Å². The Morgan fingerprint density at radius 1 is 1.17 bits per heavy atom. The molecule has 4 atom stereocenters. The maximum absolute atomic E-state index is 12.9. The first-order valence-electron chi connectivity index (χ1n) is 9.30. The fourth-order valence-electron chi connectivity index (χ4n) is 5.42. The molecule has 2 aliphatic heterocycles. The number of hydrogen-bond acceptors (Lipinski definition) is 3. The normalized spacial score (nSPS) is 36.9. The Labute approximate surface area is 142 Å². The van der Waals surface area contributed by atoms with Crippen molar-refractivity contribution >= 4 is 11.7 Å².